The van der Waals surface area contributed by atoms with Crippen LogP contribution in [0.5, 0.6) is 5.75 Å². The number of aromatic nitrogens is 1. The van der Waals surface area contributed by atoms with Gasteiger partial charge in [-0.3, -0.25) is 14.7 Å². The van der Waals surface area contributed by atoms with E-state index in [4.69, 9.17) is 4.74 Å². The summed E-state index contributed by atoms with van der Waals surface area (Å²) in [6.45, 7) is 3.38. The molecule has 0 spiro atoms. The molecule has 6 nitrogen and oxygen atoms in total. The monoisotopic (exact) mass is 453 g/mol. The highest BCUT2D eigenvalue weighted by atomic mass is 16.5. The molecule has 2 aliphatic rings. The van der Waals surface area contributed by atoms with E-state index in [0.717, 1.165) is 30.6 Å². The topological polar surface area (TPSA) is 65.9 Å². The number of rotatable bonds is 4. The number of β-amino-alcohol motifs (C(OH)–C–C–N with tert-alkyl or cyclic N) is 1. The van der Waals surface area contributed by atoms with Crippen LogP contribution in [0.3, 0.4) is 0 Å². The Bertz CT molecular complexity index is 1230. The maximum atomic E-state index is 13.2. The lowest BCUT2D eigenvalue weighted by molar-refractivity contribution is 0.0501. The summed E-state index contributed by atoms with van der Waals surface area (Å²) in [5, 5.41) is 10.8. The van der Waals surface area contributed by atoms with Crippen LogP contribution in [-0.2, 0) is 13.0 Å². The van der Waals surface area contributed by atoms with Crippen molar-refractivity contribution < 1.29 is 14.6 Å². The largest absolute Gasteiger partial charge is 0.491 e. The van der Waals surface area contributed by atoms with Gasteiger partial charge in [-0.2, -0.15) is 0 Å². The Morgan fingerprint density at radius 3 is 2.62 bits per heavy atom. The third kappa shape index (κ3) is 5.12. The summed E-state index contributed by atoms with van der Waals surface area (Å²) < 4.78 is 5.88. The van der Waals surface area contributed by atoms with Gasteiger partial charge in [0.15, 0.2) is 0 Å². The average molecular weight is 454 g/mol. The molecular formula is C28H27N3O3. The van der Waals surface area contributed by atoms with E-state index in [0.29, 0.717) is 31.0 Å². The van der Waals surface area contributed by atoms with E-state index in [1.165, 1.54) is 11.1 Å². The van der Waals surface area contributed by atoms with Crippen LogP contribution in [0.15, 0.2) is 67.0 Å². The van der Waals surface area contributed by atoms with Crippen molar-refractivity contribution in [3.63, 3.8) is 0 Å². The predicted octanol–water partition coefficient (Wildman–Crippen LogP) is 2.74. The van der Waals surface area contributed by atoms with Crippen LogP contribution in [0.4, 0.5) is 0 Å². The Morgan fingerprint density at radius 1 is 0.971 bits per heavy atom. The number of fused-ring (bicyclic) bond motifs is 2. The number of nitrogens with zero attached hydrogens (tertiary/aromatic N) is 3. The molecule has 34 heavy (non-hydrogen) atoms. The van der Waals surface area contributed by atoms with Gasteiger partial charge in [0.2, 0.25) is 0 Å². The number of amides is 1. The van der Waals surface area contributed by atoms with Crippen LogP contribution in [0.25, 0.3) is 0 Å². The van der Waals surface area contributed by atoms with Gasteiger partial charge in [-0.15, -0.1) is 0 Å². The molecule has 0 bridgehead atoms. The van der Waals surface area contributed by atoms with Crippen molar-refractivity contribution in [1.29, 1.82) is 0 Å². The molecule has 172 valence electrons. The summed E-state index contributed by atoms with van der Waals surface area (Å²) in [5.41, 5.74) is 4.86. The van der Waals surface area contributed by atoms with E-state index in [2.05, 4.69) is 46.0 Å². The van der Waals surface area contributed by atoms with Gasteiger partial charge in [-0.05, 0) is 47.9 Å². The third-order valence-corrected chi connectivity index (χ3v) is 6.26. The zero-order valence-electron chi connectivity index (χ0n) is 19.0. The zero-order valence-corrected chi connectivity index (χ0v) is 19.0. The van der Waals surface area contributed by atoms with Crippen LogP contribution >= 0.6 is 0 Å². The number of pyridine rings is 1. The fourth-order valence-electron chi connectivity index (χ4n) is 4.51. The first kappa shape index (κ1) is 22.1. The molecule has 2 aliphatic heterocycles. The Balaban J connectivity index is 1.23. The van der Waals surface area contributed by atoms with Crippen LogP contribution < -0.4 is 4.74 Å². The molecule has 1 N–H and O–H groups in total. The van der Waals surface area contributed by atoms with E-state index in [9.17, 15) is 9.90 Å². The van der Waals surface area contributed by atoms with Crippen molar-refractivity contribution >= 4 is 5.91 Å². The summed E-state index contributed by atoms with van der Waals surface area (Å²) in [5.74, 6) is 6.63. The first-order valence-electron chi connectivity index (χ1n) is 11.6. The molecule has 1 atom stereocenters. The number of hydrogen-bond acceptors (Lipinski definition) is 5. The second kappa shape index (κ2) is 10.1. The minimum atomic E-state index is -0.624. The Kier molecular flexibility index (Phi) is 6.57. The molecule has 1 aromatic heterocycles. The number of aliphatic hydroxyl groups excluding tert-OH is 1. The highest BCUT2D eigenvalue weighted by Gasteiger charge is 2.27. The summed E-state index contributed by atoms with van der Waals surface area (Å²) in [7, 11) is 0. The molecule has 0 unspecified atom stereocenters. The Morgan fingerprint density at radius 2 is 1.76 bits per heavy atom. The van der Waals surface area contributed by atoms with E-state index < -0.39 is 6.10 Å². The highest BCUT2D eigenvalue weighted by Crippen LogP contribution is 2.25. The molecular weight excluding hydrogens is 426 g/mol. The first-order valence-corrected chi connectivity index (χ1v) is 11.6. The van der Waals surface area contributed by atoms with Gasteiger partial charge in [0.05, 0.1) is 18.2 Å². The second-order valence-electron chi connectivity index (χ2n) is 8.70. The lowest BCUT2D eigenvalue weighted by atomic mass is 10.00. The van der Waals surface area contributed by atoms with Gasteiger partial charge < -0.3 is 14.7 Å². The molecule has 2 aromatic carbocycles. The fourth-order valence-corrected chi connectivity index (χ4v) is 4.51. The number of aliphatic hydroxyl groups is 1. The third-order valence-electron chi connectivity index (χ3n) is 6.26. The molecule has 5 rings (SSSR count). The average Bonchev–Trinajstić information content (AvgIpc) is 3.01. The lowest BCUT2D eigenvalue weighted by Gasteiger charge is -2.32. The molecule has 0 saturated carbocycles. The first-order chi connectivity index (χ1) is 16.7. The van der Waals surface area contributed by atoms with Crippen LogP contribution in [0.2, 0.25) is 0 Å². The summed E-state index contributed by atoms with van der Waals surface area (Å²) in [6, 6.07) is 17.6. The minimum Gasteiger partial charge on any atom is -0.491 e. The molecule has 0 fully saturated rings. The summed E-state index contributed by atoms with van der Waals surface area (Å²) in [4.78, 5) is 21.1. The fraction of sp³-hybridized carbons (Fsp3) is 0.286. The van der Waals surface area contributed by atoms with Crippen molar-refractivity contribution in [1.82, 2.24) is 14.8 Å². The summed E-state index contributed by atoms with van der Waals surface area (Å²) in [6.07, 6.45) is 3.77. The SMILES string of the molecule is O=C1c2ccc(C#Cc3ccncc3)cc2OCCN1C[C@H](O)CN1CCc2ccccc2C1. The van der Waals surface area contributed by atoms with Crippen molar-refractivity contribution in [2.75, 3.05) is 32.8 Å². The van der Waals surface area contributed by atoms with E-state index in [1.807, 2.05) is 24.3 Å². The highest BCUT2D eigenvalue weighted by molar-refractivity contribution is 5.97. The second-order valence-corrected chi connectivity index (χ2v) is 8.70. The molecule has 3 heterocycles. The maximum Gasteiger partial charge on any atom is 0.257 e. The van der Waals surface area contributed by atoms with Crippen molar-refractivity contribution in [2.45, 2.75) is 19.1 Å². The number of hydrogen-bond donors (Lipinski definition) is 1. The number of benzene rings is 2. The van der Waals surface area contributed by atoms with Gasteiger partial charge in [0.1, 0.15) is 12.4 Å². The van der Waals surface area contributed by atoms with Crippen molar-refractivity contribution in [3.8, 4) is 17.6 Å². The lowest BCUT2D eigenvalue weighted by Crippen LogP contribution is -2.44. The molecule has 3 aromatic rings. The minimum absolute atomic E-state index is 0.121. The van der Waals surface area contributed by atoms with Crippen LogP contribution in [0, 0.1) is 11.8 Å². The number of carbonyl (C=O) groups excluding carboxylic acids is 1. The van der Waals surface area contributed by atoms with Gasteiger partial charge in [0, 0.05) is 49.7 Å². The molecule has 6 heteroatoms. The molecule has 0 aliphatic carbocycles. The number of carbonyl (C=O) groups is 1. The van der Waals surface area contributed by atoms with Gasteiger partial charge in [0.25, 0.3) is 5.91 Å². The van der Waals surface area contributed by atoms with E-state index in [-0.39, 0.29) is 12.5 Å². The van der Waals surface area contributed by atoms with E-state index in [1.54, 1.807) is 23.4 Å². The number of ether oxygens (including phenoxy) is 1. The van der Waals surface area contributed by atoms with Gasteiger partial charge in [-0.25, -0.2) is 0 Å². The normalized spacial score (nSPS) is 16.4. The Hall–Kier alpha value is -3.66. The van der Waals surface area contributed by atoms with Gasteiger partial charge >= 0.3 is 0 Å². The molecule has 0 radical (unpaired) electrons. The summed E-state index contributed by atoms with van der Waals surface area (Å²) >= 11 is 0. The van der Waals surface area contributed by atoms with Crippen molar-refractivity contribution in [3.05, 3.63) is 94.8 Å². The van der Waals surface area contributed by atoms with Crippen molar-refractivity contribution in [2.24, 2.45) is 0 Å². The van der Waals surface area contributed by atoms with Crippen LogP contribution in [0.1, 0.15) is 32.6 Å². The zero-order chi connectivity index (χ0) is 23.3. The van der Waals surface area contributed by atoms with Crippen LogP contribution in [-0.4, -0.2) is 64.7 Å². The molecule has 1 amide bonds. The smallest absolute Gasteiger partial charge is 0.257 e. The maximum absolute atomic E-state index is 13.2. The van der Waals surface area contributed by atoms with Gasteiger partial charge in [-0.1, -0.05) is 36.1 Å². The molecule has 0 saturated heterocycles. The predicted molar refractivity (Wildman–Crippen MR) is 129 cm³/mol. The quantitative estimate of drug-likeness (QED) is 0.616. The Labute approximate surface area is 199 Å². The standard InChI is InChI=1S/C28H27N3O3/c32-25(19-30-14-11-23-3-1-2-4-24(23)18-30)20-31-15-16-34-27-17-22(7-8-26(27)28(31)33)6-5-21-9-12-29-13-10-21/h1-4,7-10,12-13,17,25,32H,11,14-16,18-20H2/t25-/m1/s1. The van der Waals surface area contributed by atoms with E-state index >= 15 is 0 Å².